The van der Waals surface area contributed by atoms with Crippen molar-refractivity contribution in [1.82, 2.24) is 9.66 Å². The Morgan fingerprint density at radius 1 is 1.00 bits per heavy atom. The summed E-state index contributed by atoms with van der Waals surface area (Å²) in [6.07, 6.45) is 3.60. The number of para-hydroxylation sites is 1. The number of fused-ring (bicyclic) bond motifs is 3. The van der Waals surface area contributed by atoms with Crippen molar-refractivity contribution in [1.29, 1.82) is 0 Å². The Bertz CT molecular complexity index is 557. The van der Waals surface area contributed by atoms with Gasteiger partial charge in [-0.2, -0.15) is 0 Å². The number of aromatic nitrogens is 2. The lowest BCUT2D eigenvalue weighted by Crippen LogP contribution is -2.06. The van der Waals surface area contributed by atoms with Gasteiger partial charge in [0.25, 0.3) is 0 Å². The molecule has 0 bridgehead atoms. The van der Waals surface area contributed by atoms with Gasteiger partial charge in [0.1, 0.15) is 0 Å². The van der Waals surface area contributed by atoms with Crippen molar-refractivity contribution < 1.29 is 0 Å². The Balaban J connectivity index is 2.69. The molecule has 2 heterocycles. The van der Waals surface area contributed by atoms with Gasteiger partial charge >= 0.3 is 0 Å². The molecule has 0 saturated carbocycles. The fourth-order valence-corrected chi connectivity index (χ4v) is 1.85. The summed E-state index contributed by atoms with van der Waals surface area (Å²) in [6.45, 7) is 0. The van der Waals surface area contributed by atoms with E-state index in [-0.39, 0.29) is 0 Å². The molecule has 3 heteroatoms. The Morgan fingerprint density at radius 3 is 2.71 bits per heavy atom. The first-order chi connectivity index (χ1) is 6.88. The molecule has 0 aliphatic rings. The Kier molecular flexibility index (Phi) is 1.31. The molecule has 14 heavy (non-hydrogen) atoms. The molecule has 0 amide bonds. The van der Waals surface area contributed by atoms with Gasteiger partial charge in [0.05, 0.1) is 11.0 Å². The number of rotatable bonds is 0. The predicted molar refractivity (Wildman–Crippen MR) is 57.4 cm³/mol. The molecule has 0 spiro atoms. The van der Waals surface area contributed by atoms with Crippen LogP contribution in [0.15, 0.2) is 42.7 Å². The van der Waals surface area contributed by atoms with Crippen LogP contribution in [0.2, 0.25) is 0 Å². The van der Waals surface area contributed by atoms with Gasteiger partial charge in [-0.3, -0.25) is 9.66 Å². The minimum absolute atomic E-state index is 1.02. The van der Waals surface area contributed by atoms with Crippen LogP contribution in [-0.2, 0) is 0 Å². The maximum Gasteiger partial charge on any atom is 0.0734 e. The lowest BCUT2D eigenvalue weighted by atomic mass is 10.2. The van der Waals surface area contributed by atoms with Gasteiger partial charge in [-0.15, -0.1) is 0 Å². The van der Waals surface area contributed by atoms with Crippen LogP contribution in [0.25, 0.3) is 21.8 Å². The van der Waals surface area contributed by atoms with Crippen molar-refractivity contribution in [3.05, 3.63) is 42.7 Å². The fourth-order valence-electron chi connectivity index (χ4n) is 1.85. The van der Waals surface area contributed by atoms with E-state index in [0.717, 1.165) is 21.8 Å². The maximum absolute atomic E-state index is 5.96. The molecule has 0 fully saturated rings. The van der Waals surface area contributed by atoms with E-state index in [1.807, 2.05) is 30.5 Å². The average Bonchev–Trinajstić information content (AvgIpc) is 2.55. The van der Waals surface area contributed by atoms with Crippen LogP contribution in [-0.4, -0.2) is 9.66 Å². The van der Waals surface area contributed by atoms with Crippen molar-refractivity contribution in [3.8, 4) is 0 Å². The molecular formula is C11H9N3. The minimum atomic E-state index is 1.02. The summed E-state index contributed by atoms with van der Waals surface area (Å²) >= 11 is 0. The molecule has 2 aromatic heterocycles. The van der Waals surface area contributed by atoms with Crippen molar-refractivity contribution >= 4 is 21.8 Å². The SMILES string of the molecule is Nn1c2ccccc2c2cnccc21. The first-order valence-corrected chi connectivity index (χ1v) is 4.46. The summed E-state index contributed by atoms with van der Waals surface area (Å²) in [5.74, 6) is 5.96. The highest BCUT2D eigenvalue weighted by atomic mass is 15.3. The zero-order valence-corrected chi connectivity index (χ0v) is 7.51. The summed E-state index contributed by atoms with van der Waals surface area (Å²) in [7, 11) is 0. The van der Waals surface area contributed by atoms with E-state index in [0.29, 0.717) is 0 Å². The topological polar surface area (TPSA) is 43.8 Å². The Morgan fingerprint density at radius 2 is 1.79 bits per heavy atom. The third kappa shape index (κ3) is 0.785. The van der Waals surface area contributed by atoms with Crippen molar-refractivity contribution in [2.24, 2.45) is 0 Å². The van der Waals surface area contributed by atoms with Crippen LogP contribution in [0.1, 0.15) is 0 Å². The lowest BCUT2D eigenvalue weighted by Gasteiger charge is -1.95. The molecule has 3 nitrogen and oxygen atoms in total. The Hall–Kier alpha value is -2.03. The predicted octanol–water partition coefficient (Wildman–Crippen LogP) is 1.90. The fraction of sp³-hybridized carbons (Fsp3) is 0. The van der Waals surface area contributed by atoms with Gasteiger partial charge in [0.2, 0.25) is 0 Å². The molecule has 0 unspecified atom stereocenters. The number of hydrogen-bond donors (Lipinski definition) is 1. The number of nitrogen functional groups attached to an aromatic ring is 1. The van der Waals surface area contributed by atoms with Gasteiger partial charge in [0.15, 0.2) is 0 Å². The molecule has 0 atom stereocenters. The van der Waals surface area contributed by atoms with E-state index in [9.17, 15) is 0 Å². The van der Waals surface area contributed by atoms with Crippen LogP contribution < -0.4 is 5.84 Å². The van der Waals surface area contributed by atoms with Crippen molar-refractivity contribution in [2.45, 2.75) is 0 Å². The van der Waals surface area contributed by atoms with E-state index in [1.54, 1.807) is 10.9 Å². The smallest absolute Gasteiger partial charge is 0.0734 e. The maximum atomic E-state index is 5.96. The number of hydrogen-bond acceptors (Lipinski definition) is 2. The molecule has 68 valence electrons. The highest BCUT2D eigenvalue weighted by Gasteiger charge is 2.06. The van der Waals surface area contributed by atoms with Gasteiger partial charge in [-0.1, -0.05) is 18.2 Å². The second-order valence-corrected chi connectivity index (χ2v) is 3.28. The normalized spacial score (nSPS) is 11.1. The molecule has 0 aliphatic carbocycles. The second-order valence-electron chi connectivity index (χ2n) is 3.28. The summed E-state index contributed by atoms with van der Waals surface area (Å²) < 4.78 is 1.70. The van der Waals surface area contributed by atoms with Gasteiger partial charge in [0, 0.05) is 23.2 Å². The summed E-state index contributed by atoms with van der Waals surface area (Å²) in [5.41, 5.74) is 2.05. The van der Waals surface area contributed by atoms with E-state index >= 15 is 0 Å². The number of benzene rings is 1. The van der Waals surface area contributed by atoms with Crippen LogP contribution in [0.4, 0.5) is 0 Å². The van der Waals surface area contributed by atoms with Crippen LogP contribution in [0.5, 0.6) is 0 Å². The van der Waals surface area contributed by atoms with Gasteiger partial charge in [-0.05, 0) is 12.1 Å². The zero-order chi connectivity index (χ0) is 9.54. The quantitative estimate of drug-likeness (QED) is 0.541. The molecular weight excluding hydrogens is 174 g/mol. The van der Waals surface area contributed by atoms with Crippen molar-refractivity contribution in [3.63, 3.8) is 0 Å². The highest BCUT2D eigenvalue weighted by Crippen LogP contribution is 2.25. The largest absolute Gasteiger partial charge is 0.339 e. The Labute approximate surface area is 80.7 Å². The number of nitrogens with two attached hydrogens (primary N) is 1. The van der Waals surface area contributed by atoms with Crippen LogP contribution in [0.3, 0.4) is 0 Å². The molecule has 0 aliphatic heterocycles. The minimum Gasteiger partial charge on any atom is -0.339 e. The lowest BCUT2D eigenvalue weighted by molar-refractivity contribution is 1.12. The van der Waals surface area contributed by atoms with E-state index in [2.05, 4.69) is 11.1 Å². The van der Waals surface area contributed by atoms with Gasteiger partial charge < -0.3 is 5.84 Å². The first-order valence-electron chi connectivity index (χ1n) is 4.46. The standard InChI is InChI=1S/C11H9N3/c12-14-10-4-2-1-3-8(10)9-7-13-6-5-11(9)14/h1-7H,12H2. The number of pyridine rings is 1. The second kappa shape index (κ2) is 2.48. The first kappa shape index (κ1) is 7.38. The zero-order valence-electron chi connectivity index (χ0n) is 7.51. The van der Waals surface area contributed by atoms with Crippen molar-refractivity contribution in [2.75, 3.05) is 5.84 Å². The molecule has 3 aromatic rings. The molecule has 3 rings (SSSR count). The summed E-state index contributed by atoms with van der Waals surface area (Å²) in [5, 5.41) is 2.25. The molecule has 0 radical (unpaired) electrons. The van der Waals surface area contributed by atoms with Crippen LogP contribution in [0, 0.1) is 0 Å². The van der Waals surface area contributed by atoms with E-state index in [1.165, 1.54) is 0 Å². The molecule has 0 saturated heterocycles. The van der Waals surface area contributed by atoms with E-state index in [4.69, 9.17) is 5.84 Å². The average molecular weight is 183 g/mol. The third-order valence-corrected chi connectivity index (χ3v) is 2.51. The van der Waals surface area contributed by atoms with Gasteiger partial charge in [-0.25, -0.2) is 0 Å². The molecule has 1 aromatic carbocycles. The summed E-state index contributed by atoms with van der Waals surface area (Å²) in [4.78, 5) is 4.11. The third-order valence-electron chi connectivity index (χ3n) is 2.51. The monoisotopic (exact) mass is 183 g/mol. The van der Waals surface area contributed by atoms with E-state index < -0.39 is 0 Å². The number of nitrogens with zero attached hydrogens (tertiary/aromatic N) is 2. The van der Waals surface area contributed by atoms with Crippen LogP contribution >= 0.6 is 0 Å². The molecule has 2 N–H and O–H groups in total. The summed E-state index contributed by atoms with van der Waals surface area (Å²) in [6, 6.07) is 9.99. The highest BCUT2D eigenvalue weighted by molar-refractivity contribution is 6.07.